The summed E-state index contributed by atoms with van der Waals surface area (Å²) < 4.78 is 25.8. The second-order valence-electron chi connectivity index (χ2n) is 6.52. The normalized spacial score (nSPS) is 13.2. The van der Waals surface area contributed by atoms with Crippen molar-refractivity contribution in [2.75, 3.05) is 37.6 Å². The number of halogens is 2. The average Bonchev–Trinajstić information content (AvgIpc) is 2.71. The number of nitrogens with zero attached hydrogens (tertiary/aromatic N) is 1. The quantitative estimate of drug-likeness (QED) is 0.547. The molecule has 0 fully saturated rings. The van der Waals surface area contributed by atoms with Crippen molar-refractivity contribution in [2.45, 2.75) is 19.8 Å². The van der Waals surface area contributed by atoms with E-state index in [1.807, 2.05) is 30.3 Å². The number of ether oxygens (including phenoxy) is 2. The van der Waals surface area contributed by atoms with Crippen molar-refractivity contribution in [2.24, 2.45) is 0 Å². The maximum atomic E-state index is 14.7. The summed E-state index contributed by atoms with van der Waals surface area (Å²) in [6.45, 7) is 4.09. The fourth-order valence-corrected chi connectivity index (χ4v) is 3.40. The Morgan fingerprint density at radius 1 is 1.15 bits per heavy atom. The third kappa shape index (κ3) is 4.38. The summed E-state index contributed by atoms with van der Waals surface area (Å²) in [6.07, 6.45) is 3.66. The minimum absolute atomic E-state index is 0.240. The van der Waals surface area contributed by atoms with Gasteiger partial charge in [0, 0.05) is 24.5 Å². The first-order valence-corrected chi connectivity index (χ1v) is 9.82. The van der Waals surface area contributed by atoms with Crippen molar-refractivity contribution >= 4 is 28.9 Å². The molecular weight excluding hydrogens is 365 g/mol. The van der Waals surface area contributed by atoms with E-state index in [9.17, 15) is 4.39 Å². The molecule has 144 valence electrons. The number of anilines is 1. The van der Waals surface area contributed by atoms with Gasteiger partial charge in [-0.05, 0) is 54.3 Å². The standard InChI is InChI=1S/C22H25ClFNO2/c1-3-13-27-21-10-9-20(24)19-14-17(15-25(22(19)21)12-4-11-23)16-5-7-18(26-2)8-6-16/h5-10,14H,3-4,11-13,15H2,1-2H3. The molecule has 3 nitrogen and oxygen atoms in total. The van der Waals surface area contributed by atoms with Gasteiger partial charge in [0.25, 0.3) is 0 Å². The monoisotopic (exact) mass is 389 g/mol. The van der Waals surface area contributed by atoms with Crippen LogP contribution >= 0.6 is 11.6 Å². The van der Waals surface area contributed by atoms with Crippen LogP contribution in [0.15, 0.2) is 36.4 Å². The average molecular weight is 390 g/mol. The van der Waals surface area contributed by atoms with Gasteiger partial charge in [0.05, 0.1) is 19.4 Å². The Morgan fingerprint density at radius 3 is 2.59 bits per heavy atom. The van der Waals surface area contributed by atoms with E-state index in [2.05, 4.69) is 11.8 Å². The molecule has 0 N–H and O–H groups in total. The third-order valence-electron chi connectivity index (χ3n) is 4.61. The summed E-state index contributed by atoms with van der Waals surface area (Å²) in [4.78, 5) is 2.17. The lowest BCUT2D eigenvalue weighted by molar-refractivity contribution is 0.317. The Labute approximate surface area is 165 Å². The van der Waals surface area contributed by atoms with Crippen LogP contribution in [0.5, 0.6) is 11.5 Å². The van der Waals surface area contributed by atoms with E-state index in [1.165, 1.54) is 6.07 Å². The molecule has 0 atom stereocenters. The Hall–Kier alpha value is -2.20. The minimum Gasteiger partial charge on any atom is -0.497 e. The zero-order valence-electron chi connectivity index (χ0n) is 15.8. The molecule has 1 heterocycles. The zero-order valence-corrected chi connectivity index (χ0v) is 16.6. The van der Waals surface area contributed by atoms with Crippen LogP contribution in [0.2, 0.25) is 0 Å². The number of rotatable bonds is 8. The van der Waals surface area contributed by atoms with Gasteiger partial charge in [-0.1, -0.05) is 19.1 Å². The minimum atomic E-state index is -0.240. The van der Waals surface area contributed by atoms with Gasteiger partial charge in [-0.25, -0.2) is 4.39 Å². The number of hydrogen-bond donors (Lipinski definition) is 0. The molecule has 0 saturated carbocycles. The maximum Gasteiger partial charge on any atom is 0.143 e. The van der Waals surface area contributed by atoms with E-state index >= 15 is 0 Å². The molecule has 0 spiro atoms. The highest BCUT2D eigenvalue weighted by molar-refractivity contribution is 6.17. The molecule has 0 saturated heterocycles. The van der Waals surface area contributed by atoms with Gasteiger partial charge in [0.15, 0.2) is 0 Å². The van der Waals surface area contributed by atoms with Crippen molar-refractivity contribution in [1.82, 2.24) is 0 Å². The summed E-state index contributed by atoms with van der Waals surface area (Å²) in [5.41, 5.74) is 3.52. The van der Waals surface area contributed by atoms with Crippen molar-refractivity contribution in [1.29, 1.82) is 0 Å². The summed E-state index contributed by atoms with van der Waals surface area (Å²) in [7, 11) is 1.65. The molecule has 0 aromatic heterocycles. The second kappa shape index (κ2) is 9.14. The van der Waals surface area contributed by atoms with Gasteiger partial charge in [0.1, 0.15) is 17.3 Å². The highest BCUT2D eigenvalue weighted by Crippen LogP contribution is 2.41. The Bertz CT molecular complexity index is 805. The van der Waals surface area contributed by atoms with Gasteiger partial charge < -0.3 is 14.4 Å². The molecule has 0 radical (unpaired) electrons. The molecular formula is C22H25ClFNO2. The van der Waals surface area contributed by atoms with Crippen LogP contribution < -0.4 is 14.4 Å². The largest absolute Gasteiger partial charge is 0.497 e. The second-order valence-corrected chi connectivity index (χ2v) is 6.90. The van der Waals surface area contributed by atoms with Gasteiger partial charge in [0.2, 0.25) is 0 Å². The van der Waals surface area contributed by atoms with Crippen molar-refractivity contribution in [3.8, 4) is 11.5 Å². The highest BCUT2D eigenvalue weighted by Gasteiger charge is 2.25. The van der Waals surface area contributed by atoms with Crippen LogP contribution in [0.3, 0.4) is 0 Å². The Morgan fingerprint density at radius 2 is 1.93 bits per heavy atom. The van der Waals surface area contributed by atoms with Crippen molar-refractivity contribution in [3.63, 3.8) is 0 Å². The predicted octanol–water partition coefficient (Wildman–Crippen LogP) is 5.61. The Kier molecular flexibility index (Phi) is 6.62. The lowest BCUT2D eigenvalue weighted by Gasteiger charge is -2.33. The fraction of sp³-hybridized carbons (Fsp3) is 0.364. The van der Waals surface area contributed by atoms with Crippen LogP contribution in [0, 0.1) is 5.82 Å². The summed E-state index contributed by atoms with van der Waals surface area (Å²) >= 11 is 5.93. The van der Waals surface area contributed by atoms with Crippen LogP contribution in [0.25, 0.3) is 11.6 Å². The molecule has 27 heavy (non-hydrogen) atoms. The summed E-state index contributed by atoms with van der Waals surface area (Å²) in [5.74, 6) is 1.85. The van der Waals surface area contributed by atoms with E-state index in [0.717, 1.165) is 47.7 Å². The van der Waals surface area contributed by atoms with Gasteiger partial charge in [-0.3, -0.25) is 0 Å². The lowest BCUT2D eigenvalue weighted by atomic mass is 9.96. The van der Waals surface area contributed by atoms with Crippen molar-refractivity contribution in [3.05, 3.63) is 53.3 Å². The van der Waals surface area contributed by atoms with Crippen LogP contribution in [0.1, 0.15) is 30.9 Å². The molecule has 2 aromatic rings. The topological polar surface area (TPSA) is 21.7 Å². The molecule has 3 rings (SSSR count). The van der Waals surface area contributed by atoms with Crippen molar-refractivity contribution < 1.29 is 13.9 Å². The first kappa shape index (κ1) is 19.6. The van der Waals surface area contributed by atoms with Crippen LogP contribution in [0.4, 0.5) is 10.1 Å². The molecule has 2 aromatic carbocycles. The molecule has 0 amide bonds. The number of methoxy groups -OCH3 is 1. The maximum absolute atomic E-state index is 14.7. The van der Waals surface area contributed by atoms with E-state index in [0.29, 0.717) is 24.6 Å². The van der Waals surface area contributed by atoms with Crippen LogP contribution in [-0.4, -0.2) is 32.7 Å². The first-order chi connectivity index (χ1) is 13.2. The van der Waals surface area contributed by atoms with E-state index in [1.54, 1.807) is 13.2 Å². The molecule has 5 heteroatoms. The molecule has 0 bridgehead atoms. The fourth-order valence-electron chi connectivity index (χ4n) is 3.28. The first-order valence-electron chi connectivity index (χ1n) is 9.29. The lowest BCUT2D eigenvalue weighted by Crippen LogP contribution is -2.30. The number of fused-ring (bicyclic) bond motifs is 1. The number of alkyl halides is 1. The molecule has 1 aliphatic rings. The zero-order chi connectivity index (χ0) is 19.2. The van der Waals surface area contributed by atoms with Crippen LogP contribution in [-0.2, 0) is 0 Å². The Balaban J connectivity index is 2.04. The molecule has 1 aliphatic heterocycles. The van der Waals surface area contributed by atoms with Gasteiger partial charge in [-0.15, -0.1) is 11.6 Å². The van der Waals surface area contributed by atoms with E-state index in [-0.39, 0.29) is 5.82 Å². The summed E-state index contributed by atoms with van der Waals surface area (Å²) in [6, 6.07) is 11.1. The highest BCUT2D eigenvalue weighted by atomic mass is 35.5. The van der Waals surface area contributed by atoms with Gasteiger partial charge in [-0.2, -0.15) is 0 Å². The molecule has 0 unspecified atom stereocenters. The van der Waals surface area contributed by atoms with E-state index in [4.69, 9.17) is 21.1 Å². The third-order valence-corrected chi connectivity index (χ3v) is 4.87. The van der Waals surface area contributed by atoms with E-state index < -0.39 is 0 Å². The number of hydrogen-bond acceptors (Lipinski definition) is 3. The summed E-state index contributed by atoms with van der Waals surface area (Å²) in [5, 5.41) is 0. The molecule has 0 aliphatic carbocycles. The SMILES string of the molecule is CCCOc1ccc(F)c2c1N(CCCCl)CC(c1ccc(OC)cc1)=C2. The smallest absolute Gasteiger partial charge is 0.143 e. The van der Waals surface area contributed by atoms with Gasteiger partial charge >= 0.3 is 0 Å². The predicted molar refractivity (Wildman–Crippen MR) is 111 cm³/mol. The number of benzene rings is 2.